The van der Waals surface area contributed by atoms with Crippen LogP contribution in [-0.4, -0.2) is 18.8 Å². The Balaban J connectivity index is 2.98. The van der Waals surface area contributed by atoms with Gasteiger partial charge in [0, 0.05) is 13.7 Å². The zero-order chi connectivity index (χ0) is 13.1. The molecule has 0 aromatic heterocycles. The first kappa shape index (κ1) is 14.2. The molecule has 2 nitrogen and oxygen atoms in total. The molecule has 2 heteroatoms. The molecule has 1 aromatic rings. The highest BCUT2D eigenvalue weighted by Gasteiger charge is 2.31. The minimum absolute atomic E-state index is 0.169. The maximum absolute atomic E-state index is 10.7. The third kappa shape index (κ3) is 3.30. The summed E-state index contributed by atoms with van der Waals surface area (Å²) in [4.78, 5) is 0. The van der Waals surface area contributed by atoms with Gasteiger partial charge in [-0.15, -0.1) is 0 Å². The first-order valence-corrected chi connectivity index (χ1v) is 6.18. The molecular weight excluding hydrogens is 212 g/mol. The summed E-state index contributed by atoms with van der Waals surface area (Å²) in [6, 6.07) is 6.23. The predicted octanol–water partition coefficient (Wildman–Crippen LogP) is 3.18. The SMILES string of the molecule is COCCC(C)C(C)(O)c1cc(C)ccc1C. The molecule has 0 fully saturated rings. The smallest absolute Gasteiger partial charge is 0.0897 e. The molecule has 0 radical (unpaired) electrons. The van der Waals surface area contributed by atoms with Crippen LogP contribution in [0.2, 0.25) is 0 Å². The van der Waals surface area contributed by atoms with Crippen LogP contribution in [0.3, 0.4) is 0 Å². The minimum Gasteiger partial charge on any atom is -0.385 e. The fourth-order valence-electron chi connectivity index (χ4n) is 2.12. The van der Waals surface area contributed by atoms with Crippen molar-refractivity contribution in [2.75, 3.05) is 13.7 Å². The lowest BCUT2D eigenvalue weighted by atomic mass is 9.80. The fourth-order valence-corrected chi connectivity index (χ4v) is 2.12. The number of hydrogen-bond donors (Lipinski definition) is 1. The average molecular weight is 236 g/mol. The lowest BCUT2D eigenvalue weighted by Crippen LogP contribution is -2.31. The van der Waals surface area contributed by atoms with E-state index in [0.717, 1.165) is 17.5 Å². The number of ether oxygens (including phenoxy) is 1. The van der Waals surface area contributed by atoms with E-state index in [2.05, 4.69) is 32.0 Å². The topological polar surface area (TPSA) is 29.5 Å². The quantitative estimate of drug-likeness (QED) is 0.850. The van der Waals surface area contributed by atoms with Gasteiger partial charge in [-0.2, -0.15) is 0 Å². The van der Waals surface area contributed by atoms with E-state index in [-0.39, 0.29) is 5.92 Å². The summed E-state index contributed by atoms with van der Waals surface area (Å²) in [5.74, 6) is 0.169. The molecule has 1 aromatic carbocycles. The van der Waals surface area contributed by atoms with Gasteiger partial charge in [0.25, 0.3) is 0 Å². The molecule has 96 valence electrons. The van der Waals surface area contributed by atoms with Gasteiger partial charge in [-0.1, -0.05) is 30.7 Å². The summed E-state index contributed by atoms with van der Waals surface area (Å²) in [6.07, 6.45) is 0.858. The van der Waals surface area contributed by atoms with Crippen LogP contribution in [0, 0.1) is 19.8 Å². The zero-order valence-corrected chi connectivity index (χ0v) is 11.6. The Kier molecular flexibility index (Phi) is 4.72. The van der Waals surface area contributed by atoms with E-state index in [1.54, 1.807) is 7.11 Å². The van der Waals surface area contributed by atoms with Gasteiger partial charge in [-0.05, 0) is 44.2 Å². The molecule has 1 rings (SSSR count). The summed E-state index contributed by atoms with van der Waals surface area (Å²) in [7, 11) is 1.69. The van der Waals surface area contributed by atoms with Gasteiger partial charge in [0.15, 0.2) is 0 Å². The molecule has 0 bridgehead atoms. The zero-order valence-electron chi connectivity index (χ0n) is 11.6. The van der Waals surface area contributed by atoms with Crippen LogP contribution < -0.4 is 0 Å². The van der Waals surface area contributed by atoms with Crippen LogP contribution in [0.1, 0.15) is 37.0 Å². The number of aryl methyl sites for hydroxylation is 2. The van der Waals surface area contributed by atoms with Crippen molar-refractivity contribution in [3.63, 3.8) is 0 Å². The van der Waals surface area contributed by atoms with Crippen molar-refractivity contribution in [2.24, 2.45) is 5.92 Å². The number of methoxy groups -OCH3 is 1. The molecular formula is C15H24O2. The summed E-state index contributed by atoms with van der Waals surface area (Å²) < 4.78 is 5.09. The van der Waals surface area contributed by atoms with E-state index < -0.39 is 5.60 Å². The van der Waals surface area contributed by atoms with Crippen LogP contribution in [-0.2, 0) is 10.3 Å². The minimum atomic E-state index is -0.797. The second kappa shape index (κ2) is 5.65. The van der Waals surface area contributed by atoms with Crippen molar-refractivity contribution in [2.45, 2.75) is 39.7 Å². The van der Waals surface area contributed by atoms with Crippen molar-refractivity contribution in [1.82, 2.24) is 0 Å². The Bertz CT molecular complexity index is 369. The van der Waals surface area contributed by atoms with Crippen molar-refractivity contribution in [1.29, 1.82) is 0 Å². The maximum atomic E-state index is 10.7. The van der Waals surface area contributed by atoms with Crippen LogP contribution in [0.15, 0.2) is 18.2 Å². The Hall–Kier alpha value is -0.860. The molecule has 0 amide bonds. The normalized spacial score (nSPS) is 16.6. The van der Waals surface area contributed by atoms with Crippen LogP contribution in [0.25, 0.3) is 0 Å². The molecule has 1 N–H and O–H groups in total. The molecule has 0 spiro atoms. The molecule has 0 aliphatic carbocycles. The van der Waals surface area contributed by atoms with E-state index in [4.69, 9.17) is 4.74 Å². The number of aliphatic hydroxyl groups is 1. The Morgan fingerprint density at radius 2 is 2.00 bits per heavy atom. The maximum Gasteiger partial charge on any atom is 0.0897 e. The van der Waals surface area contributed by atoms with Crippen LogP contribution in [0.5, 0.6) is 0 Å². The van der Waals surface area contributed by atoms with Crippen molar-refractivity contribution in [3.8, 4) is 0 Å². The van der Waals surface area contributed by atoms with Gasteiger partial charge in [0.1, 0.15) is 0 Å². The van der Waals surface area contributed by atoms with E-state index in [0.29, 0.717) is 6.61 Å². The van der Waals surface area contributed by atoms with Gasteiger partial charge in [0.2, 0.25) is 0 Å². The van der Waals surface area contributed by atoms with Gasteiger partial charge in [-0.25, -0.2) is 0 Å². The van der Waals surface area contributed by atoms with Gasteiger partial charge in [-0.3, -0.25) is 0 Å². The van der Waals surface area contributed by atoms with Gasteiger partial charge < -0.3 is 9.84 Å². The lowest BCUT2D eigenvalue weighted by molar-refractivity contribution is -0.0112. The predicted molar refractivity (Wildman–Crippen MR) is 71.1 cm³/mol. The third-order valence-corrected chi connectivity index (χ3v) is 3.65. The van der Waals surface area contributed by atoms with E-state index in [1.807, 2.05) is 13.8 Å². The molecule has 0 heterocycles. The molecule has 2 atom stereocenters. The van der Waals surface area contributed by atoms with Crippen LogP contribution in [0.4, 0.5) is 0 Å². The standard InChI is InChI=1S/C15H24O2/c1-11-6-7-12(2)14(10-11)15(4,16)13(3)8-9-17-5/h6-7,10,13,16H,8-9H2,1-5H3. The van der Waals surface area contributed by atoms with Crippen molar-refractivity contribution >= 4 is 0 Å². The van der Waals surface area contributed by atoms with E-state index in [9.17, 15) is 5.11 Å². The monoisotopic (exact) mass is 236 g/mol. The molecule has 0 aliphatic rings. The highest BCUT2D eigenvalue weighted by atomic mass is 16.5. The number of hydrogen-bond acceptors (Lipinski definition) is 2. The second-order valence-corrected chi connectivity index (χ2v) is 5.15. The summed E-state index contributed by atoms with van der Waals surface area (Å²) in [5, 5.41) is 10.7. The highest BCUT2D eigenvalue weighted by molar-refractivity contribution is 5.35. The fraction of sp³-hybridized carbons (Fsp3) is 0.600. The Labute approximate surface area is 105 Å². The lowest BCUT2D eigenvalue weighted by Gasteiger charge is -2.32. The van der Waals surface area contributed by atoms with Crippen molar-refractivity contribution in [3.05, 3.63) is 34.9 Å². The first-order chi connectivity index (χ1) is 7.89. The second-order valence-electron chi connectivity index (χ2n) is 5.15. The Morgan fingerprint density at radius 1 is 1.35 bits per heavy atom. The number of rotatable bonds is 5. The van der Waals surface area contributed by atoms with Crippen molar-refractivity contribution < 1.29 is 9.84 Å². The molecule has 2 unspecified atom stereocenters. The Morgan fingerprint density at radius 3 is 2.59 bits per heavy atom. The van der Waals surface area contributed by atoms with E-state index in [1.165, 1.54) is 5.56 Å². The van der Waals surface area contributed by atoms with Gasteiger partial charge in [0.05, 0.1) is 5.60 Å². The molecule has 0 saturated heterocycles. The number of benzene rings is 1. The average Bonchev–Trinajstić information content (AvgIpc) is 2.28. The van der Waals surface area contributed by atoms with Crippen LogP contribution >= 0.6 is 0 Å². The summed E-state index contributed by atoms with van der Waals surface area (Å²) in [6.45, 7) is 8.75. The highest BCUT2D eigenvalue weighted by Crippen LogP contribution is 2.33. The molecule has 0 saturated carbocycles. The molecule has 0 aliphatic heterocycles. The molecule has 17 heavy (non-hydrogen) atoms. The van der Waals surface area contributed by atoms with Gasteiger partial charge >= 0.3 is 0 Å². The first-order valence-electron chi connectivity index (χ1n) is 6.18. The van der Waals surface area contributed by atoms with E-state index >= 15 is 0 Å². The largest absolute Gasteiger partial charge is 0.385 e. The third-order valence-electron chi connectivity index (χ3n) is 3.65. The summed E-state index contributed by atoms with van der Waals surface area (Å²) >= 11 is 0. The summed E-state index contributed by atoms with van der Waals surface area (Å²) in [5.41, 5.74) is 2.56.